The van der Waals surface area contributed by atoms with Gasteiger partial charge >= 0.3 is 0 Å². The van der Waals surface area contributed by atoms with Crippen LogP contribution >= 0.6 is 23.4 Å². The number of ether oxygens (including phenoxy) is 1. The minimum Gasteiger partial charge on any atom is -0.495 e. The van der Waals surface area contributed by atoms with Crippen molar-refractivity contribution in [3.05, 3.63) is 80.7 Å². The average molecular weight is 471 g/mol. The number of anilines is 1. The van der Waals surface area contributed by atoms with Gasteiger partial charge < -0.3 is 15.0 Å². The fourth-order valence-electron chi connectivity index (χ4n) is 3.60. The summed E-state index contributed by atoms with van der Waals surface area (Å²) in [6.45, 7) is 2.19. The van der Waals surface area contributed by atoms with Gasteiger partial charge in [-0.2, -0.15) is 0 Å². The lowest BCUT2D eigenvalue weighted by molar-refractivity contribution is -0.113. The van der Waals surface area contributed by atoms with Crippen LogP contribution in [0.25, 0.3) is 0 Å². The van der Waals surface area contributed by atoms with Crippen molar-refractivity contribution in [1.82, 2.24) is 14.9 Å². The van der Waals surface area contributed by atoms with Gasteiger partial charge in [-0.25, -0.2) is 4.98 Å². The van der Waals surface area contributed by atoms with Crippen LogP contribution in [0.5, 0.6) is 5.75 Å². The van der Waals surface area contributed by atoms with E-state index in [-0.39, 0.29) is 17.2 Å². The number of halogens is 1. The maximum atomic E-state index is 12.7. The number of rotatable bonds is 7. The summed E-state index contributed by atoms with van der Waals surface area (Å²) in [5.74, 6) is 0.371. The molecule has 0 bridgehead atoms. The number of H-pyrrole nitrogens is 1. The van der Waals surface area contributed by atoms with Gasteiger partial charge in [0.1, 0.15) is 5.75 Å². The zero-order valence-electron chi connectivity index (χ0n) is 17.6. The molecule has 1 aliphatic heterocycles. The van der Waals surface area contributed by atoms with E-state index in [0.29, 0.717) is 40.1 Å². The first-order chi connectivity index (χ1) is 15.5. The SMILES string of the molecule is COc1ccc(Cl)cc1NC(=O)CSc1nc2c(c(=O)[nH]1)CN(Cc1ccccc1)CC2. The normalized spacial score (nSPS) is 13.4. The van der Waals surface area contributed by atoms with E-state index >= 15 is 0 Å². The van der Waals surface area contributed by atoms with Gasteiger partial charge in [-0.05, 0) is 23.8 Å². The lowest BCUT2D eigenvalue weighted by Gasteiger charge is -2.27. The van der Waals surface area contributed by atoms with Crippen molar-refractivity contribution < 1.29 is 9.53 Å². The maximum absolute atomic E-state index is 12.7. The van der Waals surface area contributed by atoms with Gasteiger partial charge in [0, 0.05) is 31.1 Å². The Morgan fingerprint density at radius 1 is 1.28 bits per heavy atom. The van der Waals surface area contributed by atoms with Gasteiger partial charge in [0.05, 0.1) is 29.8 Å². The van der Waals surface area contributed by atoms with E-state index in [1.54, 1.807) is 18.2 Å². The first kappa shape index (κ1) is 22.4. The number of nitrogens with zero attached hydrogens (tertiary/aromatic N) is 2. The summed E-state index contributed by atoms with van der Waals surface area (Å²) < 4.78 is 5.24. The minimum atomic E-state index is -0.245. The number of nitrogens with one attached hydrogen (secondary N) is 2. The molecule has 2 N–H and O–H groups in total. The van der Waals surface area contributed by atoms with Gasteiger partial charge in [0.15, 0.2) is 5.16 Å². The molecule has 166 valence electrons. The Labute approximate surface area is 195 Å². The molecule has 1 aliphatic rings. The van der Waals surface area contributed by atoms with Crippen molar-refractivity contribution in [2.75, 3.05) is 24.7 Å². The Hall–Kier alpha value is -2.81. The molecule has 0 unspecified atom stereocenters. The summed E-state index contributed by atoms with van der Waals surface area (Å²) in [7, 11) is 1.52. The van der Waals surface area contributed by atoms with E-state index < -0.39 is 0 Å². The third-order valence-electron chi connectivity index (χ3n) is 5.15. The quantitative estimate of drug-likeness (QED) is 0.404. The van der Waals surface area contributed by atoms with Crippen LogP contribution in [0.1, 0.15) is 16.8 Å². The number of aromatic nitrogens is 2. The molecule has 7 nitrogen and oxygen atoms in total. The molecule has 0 radical (unpaired) electrons. The Morgan fingerprint density at radius 2 is 2.09 bits per heavy atom. The molecule has 0 fully saturated rings. The predicted molar refractivity (Wildman–Crippen MR) is 126 cm³/mol. The van der Waals surface area contributed by atoms with Gasteiger partial charge in [0.2, 0.25) is 5.91 Å². The third-order valence-corrected chi connectivity index (χ3v) is 6.26. The number of hydrogen-bond acceptors (Lipinski definition) is 6. The highest BCUT2D eigenvalue weighted by atomic mass is 35.5. The lowest BCUT2D eigenvalue weighted by atomic mass is 10.1. The average Bonchev–Trinajstić information content (AvgIpc) is 2.79. The lowest BCUT2D eigenvalue weighted by Crippen LogP contribution is -2.35. The number of amides is 1. The molecular formula is C23H23ClN4O3S. The van der Waals surface area contributed by atoms with Crippen molar-refractivity contribution in [3.63, 3.8) is 0 Å². The maximum Gasteiger partial charge on any atom is 0.256 e. The number of thioether (sulfide) groups is 1. The largest absolute Gasteiger partial charge is 0.495 e. The Balaban J connectivity index is 1.38. The number of carbonyl (C=O) groups is 1. The highest BCUT2D eigenvalue weighted by Crippen LogP contribution is 2.28. The topological polar surface area (TPSA) is 87.3 Å². The van der Waals surface area contributed by atoms with Crippen LogP contribution in [0.2, 0.25) is 5.02 Å². The number of methoxy groups -OCH3 is 1. The molecule has 0 aliphatic carbocycles. The van der Waals surface area contributed by atoms with E-state index in [0.717, 1.165) is 18.8 Å². The van der Waals surface area contributed by atoms with Crippen molar-refractivity contribution in [2.45, 2.75) is 24.7 Å². The Bertz CT molecular complexity index is 1170. The van der Waals surface area contributed by atoms with Crippen LogP contribution in [0, 0.1) is 0 Å². The second kappa shape index (κ2) is 10.2. The predicted octanol–water partition coefficient (Wildman–Crippen LogP) is 3.72. The molecule has 2 aromatic carbocycles. The van der Waals surface area contributed by atoms with Crippen LogP contribution in [-0.4, -0.2) is 40.2 Å². The van der Waals surface area contributed by atoms with Crippen molar-refractivity contribution in [3.8, 4) is 5.75 Å². The van der Waals surface area contributed by atoms with Crippen molar-refractivity contribution >= 4 is 35.0 Å². The molecule has 0 spiro atoms. The first-order valence-electron chi connectivity index (χ1n) is 10.2. The van der Waals surface area contributed by atoms with Crippen molar-refractivity contribution in [2.24, 2.45) is 0 Å². The summed E-state index contributed by atoms with van der Waals surface area (Å²) >= 11 is 7.20. The molecule has 2 heterocycles. The number of benzene rings is 2. The molecule has 9 heteroatoms. The molecule has 1 aromatic heterocycles. The van der Waals surface area contributed by atoms with E-state index in [1.165, 1.54) is 24.4 Å². The fourth-order valence-corrected chi connectivity index (χ4v) is 4.45. The molecule has 3 aromatic rings. The number of fused-ring (bicyclic) bond motifs is 1. The van der Waals surface area contributed by atoms with E-state index in [2.05, 4.69) is 32.3 Å². The third kappa shape index (κ3) is 5.51. The number of hydrogen-bond donors (Lipinski definition) is 2. The van der Waals surface area contributed by atoms with E-state index in [9.17, 15) is 9.59 Å². The minimum absolute atomic E-state index is 0.0948. The smallest absolute Gasteiger partial charge is 0.256 e. The second-order valence-electron chi connectivity index (χ2n) is 7.42. The Kier molecular flexibility index (Phi) is 7.14. The molecule has 1 amide bonds. The summed E-state index contributed by atoms with van der Waals surface area (Å²) in [6.07, 6.45) is 0.700. The molecule has 32 heavy (non-hydrogen) atoms. The van der Waals surface area contributed by atoms with Gasteiger partial charge in [-0.3, -0.25) is 14.5 Å². The highest BCUT2D eigenvalue weighted by molar-refractivity contribution is 7.99. The van der Waals surface area contributed by atoms with Crippen LogP contribution in [-0.2, 0) is 24.3 Å². The monoisotopic (exact) mass is 470 g/mol. The fraction of sp³-hybridized carbons (Fsp3) is 0.261. The summed E-state index contributed by atoms with van der Waals surface area (Å²) in [4.78, 5) is 34.7. The molecule has 0 saturated heterocycles. The number of aromatic amines is 1. The summed E-state index contributed by atoms with van der Waals surface area (Å²) in [5.41, 5.74) is 3.07. The Morgan fingerprint density at radius 3 is 2.88 bits per heavy atom. The van der Waals surface area contributed by atoms with Gasteiger partial charge in [-0.1, -0.05) is 53.7 Å². The van der Waals surface area contributed by atoms with Crippen molar-refractivity contribution in [1.29, 1.82) is 0 Å². The zero-order valence-corrected chi connectivity index (χ0v) is 19.1. The van der Waals surface area contributed by atoms with E-state index in [4.69, 9.17) is 16.3 Å². The first-order valence-corrected chi connectivity index (χ1v) is 11.5. The molecule has 0 atom stereocenters. The van der Waals surface area contributed by atoms with Crippen LogP contribution < -0.4 is 15.6 Å². The summed E-state index contributed by atoms with van der Waals surface area (Å²) in [5, 5.41) is 3.72. The zero-order chi connectivity index (χ0) is 22.5. The van der Waals surface area contributed by atoms with E-state index in [1.807, 2.05) is 18.2 Å². The van der Waals surface area contributed by atoms with Crippen LogP contribution in [0.4, 0.5) is 5.69 Å². The van der Waals surface area contributed by atoms with Gasteiger partial charge in [-0.15, -0.1) is 0 Å². The molecule has 0 saturated carbocycles. The van der Waals surface area contributed by atoms with Gasteiger partial charge in [0.25, 0.3) is 5.56 Å². The standard InChI is InChI=1S/C23H23ClN4O3S/c1-31-20-8-7-16(24)11-19(20)25-21(29)14-32-23-26-18-9-10-28(13-17(18)22(30)27-23)12-15-5-3-2-4-6-15/h2-8,11H,9-10,12-14H2,1H3,(H,25,29)(H,26,27,30). The highest BCUT2D eigenvalue weighted by Gasteiger charge is 2.21. The molecule has 4 rings (SSSR count). The van der Waals surface area contributed by atoms with Crippen LogP contribution in [0.3, 0.4) is 0 Å². The second-order valence-corrected chi connectivity index (χ2v) is 8.82. The number of carbonyl (C=O) groups excluding carboxylic acids is 1. The molecular weight excluding hydrogens is 448 g/mol. The van der Waals surface area contributed by atoms with Crippen LogP contribution in [0.15, 0.2) is 58.5 Å². The summed E-state index contributed by atoms with van der Waals surface area (Å²) in [6, 6.07) is 15.2.